The molecule has 8 nitrogen and oxygen atoms in total. The van der Waals surface area contributed by atoms with Gasteiger partial charge in [-0.1, -0.05) is 34.6 Å². The van der Waals surface area contributed by atoms with Gasteiger partial charge in [-0.15, -0.1) is 0 Å². The van der Waals surface area contributed by atoms with E-state index in [-0.39, 0.29) is 44.4 Å². The Labute approximate surface area is 212 Å². The minimum atomic E-state index is -0.955. The van der Waals surface area contributed by atoms with Crippen LogP contribution in [0.25, 0.3) is 0 Å². The summed E-state index contributed by atoms with van der Waals surface area (Å²) >= 11 is 0. The molecule has 0 aromatic carbocycles. The summed E-state index contributed by atoms with van der Waals surface area (Å²) in [4.78, 5) is 52.6. The van der Waals surface area contributed by atoms with Gasteiger partial charge in [0.25, 0.3) is 0 Å². The maximum atomic E-state index is 13.0. The van der Waals surface area contributed by atoms with E-state index in [1.54, 1.807) is 27.7 Å². The molecule has 0 aromatic rings. The highest BCUT2D eigenvalue weighted by atomic mass is 16.6. The molecule has 0 spiro atoms. The summed E-state index contributed by atoms with van der Waals surface area (Å²) < 4.78 is 16.2. The molecule has 2 unspecified atom stereocenters. The fourth-order valence-corrected chi connectivity index (χ4v) is 3.59. The average Bonchev–Trinajstić information content (AvgIpc) is 2.79. The first kappa shape index (κ1) is 33.0. The van der Waals surface area contributed by atoms with Crippen molar-refractivity contribution in [2.75, 3.05) is 40.5 Å². The van der Waals surface area contributed by atoms with Crippen molar-refractivity contribution >= 4 is 23.7 Å². The van der Waals surface area contributed by atoms with E-state index in [9.17, 15) is 19.2 Å². The first-order chi connectivity index (χ1) is 16.1. The lowest BCUT2D eigenvalue weighted by molar-refractivity contribution is -0.166. The lowest BCUT2D eigenvalue weighted by atomic mass is 9.71. The topological polar surface area (TPSA) is 99.2 Å². The van der Waals surface area contributed by atoms with Gasteiger partial charge in [0.1, 0.15) is 25.6 Å². The molecule has 0 saturated heterocycles. The number of Topliss-reactive ketones (excluding diaryl/α,β-unsaturated/α-hetero) is 1. The highest BCUT2D eigenvalue weighted by Crippen LogP contribution is 2.38. The Hall–Kier alpha value is -1.96. The van der Waals surface area contributed by atoms with Crippen molar-refractivity contribution in [1.82, 2.24) is 4.90 Å². The molecule has 0 aliphatic rings. The number of hydrogen-bond acceptors (Lipinski definition) is 8. The van der Waals surface area contributed by atoms with E-state index in [1.165, 1.54) is 0 Å². The second-order valence-corrected chi connectivity index (χ2v) is 11.2. The zero-order valence-corrected chi connectivity index (χ0v) is 23.7. The molecular weight excluding hydrogens is 450 g/mol. The largest absolute Gasteiger partial charge is 0.464 e. The highest BCUT2D eigenvalue weighted by molar-refractivity contribution is 5.85. The Morgan fingerprint density at radius 2 is 1.26 bits per heavy atom. The van der Waals surface area contributed by atoms with Crippen molar-refractivity contribution < 1.29 is 33.4 Å². The van der Waals surface area contributed by atoms with Gasteiger partial charge in [0.2, 0.25) is 0 Å². The normalized spacial score (nSPS) is 14.7. The molecule has 204 valence electrons. The van der Waals surface area contributed by atoms with Crippen LogP contribution in [0, 0.1) is 22.2 Å². The van der Waals surface area contributed by atoms with Gasteiger partial charge >= 0.3 is 17.9 Å². The fraction of sp³-hybridized carbons (Fsp3) is 0.852. The molecule has 0 aromatic heterocycles. The second-order valence-electron chi connectivity index (χ2n) is 11.2. The van der Waals surface area contributed by atoms with Gasteiger partial charge in [0.05, 0.1) is 16.7 Å². The smallest absolute Gasteiger partial charge is 0.311 e. The summed E-state index contributed by atoms with van der Waals surface area (Å²) in [6.45, 7) is 15.3. The zero-order valence-electron chi connectivity index (χ0n) is 23.7. The molecule has 0 fully saturated rings. The third-order valence-electron chi connectivity index (χ3n) is 6.90. The standard InChI is InChI=1S/C27H49NO7/c1-11-21(29)26(6,7)18-20(22(30)33-15-14-28(9)10)19-27(8,13-3)24(32)35-17-16-34-23(31)25(4,5)12-2/h20H,11-19H2,1-10H3. The summed E-state index contributed by atoms with van der Waals surface area (Å²) in [5.74, 6) is -1.79. The van der Waals surface area contributed by atoms with Crippen molar-refractivity contribution in [2.45, 2.75) is 87.5 Å². The summed E-state index contributed by atoms with van der Waals surface area (Å²) in [6, 6.07) is 0. The third kappa shape index (κ3) is 11.1. The molecule has 0 aliphatic heterocycles. The Kier molecular flexibility index (Phi) is 13.7. The molecule has 0 N–H and O–H groups in total. The van der Waals surface area contributed by atoms with Crippen LogP contribution >= 0.6 is 0 Å². The summed E-state index contributed by atoms with van der Waals surface area (Å²) in [7, 11) is 3.78. The van der Waals surface area contributed by atoms with Gasteiger partial charge in [-0.2, -0.15) is 0 Å². The minimum Gasteiger partial charge on any atom is -0.464 e. The molecule has 2 atom stereocenters. The lowest BCUT2D eigenvalue weighted by Crippen LogP contribution is -2.38. The number of esters is 3. The fourth-order valence-electron chi connectivity index (χ4n) is 3.59. The van der Waals surface area contributed by atoms with Gasteiger partial charge in [-0.05, 0) is 60.5 Å². The van der Waals surface area contributed by atoms with E-state index < -0.39 is 34.1 Å². The van der Waals surface area contributed by atoms with Crippen LogP contribution in [0.1, 0.15) is 87.5 Å². The van der Waals surface area contributed by atoms with Crippen molar-refractivity contribution in [3.63, 3.8) is 0 Å². The quantitative estimate of drug-likeness (QED) is 0.165. The molecule has 0 saturated carbocycles. The van der Waals surface area contributed by atoms with E-state index in [1.807, 2.05) is 46.7 Å². The highest BCUT2D eigenvalue weighted by Gasteiger charge is 2.42. The average molecular weight is 500 g/mol. The molecule has 35 heavy (non-hydrogen) atoms. The van der Waals surface area contributed by atoms with Gasteiger partial charge in [-0.3, -0.25) is 19.2 Å². The number of rotatable bonds is 17. The van der Waals surface area contributed by atoms with Crippen LogP contribution in [-0.4, -0.2) is 69.1 Å². The van der Waals surface area contributed by atoms with Crippen LogP contribution in [0.5, 0.6) is 0 Å². The molecule has 0 aliphatic carbocycles. The maximum absolute atomic E-state index is 13.0. The molecule has 0 heterocycles. The summed E-state index contributed by atoms with van der Waals surface area (Å²) in [5, 5.41) is 0. The summed E-state index contributed by atoms with van der Waals surface area (Å²) in [6.07, 6.45) is 1.94. The first-order valence-electron chi connectivity index (χ1n) is 12.7. The molecular formula is C27H49NO7. The predicted octanol–water partition coefficient (Wildman–Crippen LogP) is 4.43. The number of likely N-dealkylation sites (N-methyl/N-ethyl adjacent to an activating group) is 1. The molecule has 0 amide bonds. The Balaban J connectivity index is 5.37. The SMILES string of the molecule is CCC(=O)C(C)(C)CC(CC(C)(CC)C(=O)OCCOC(=O)C(C)(C)CC)C(=O)OCCN(C)C. The summed E-state index contributed by atoms with van der Waals surface area (Å²) in [5.41, 5.74) is -2.27. The Bertz CT molecular complexity index is 714. The van der Waals surface area contributed by atoms with Gasteiger partial charge in [-0.25, -0.2) is 0 Å². The molecule has 0 bridgehead atoms. The van der Waals surface area contributed by atoms with Crippen LogP contribution in [0.3, 0.4) is 0 Å². The zero-order chi connectivity index (χ0) is 27.4. The monoisotopic (exact) mass is 499 g/mol. The maximum Gasteiger partial charge on any atom is 0.311 e. The van der Waals surface area contributed by atoms with Crippen LogP contribution in [0.4, 0.5) is 0 Å². The van der Waals surface area contributed by atoms with Crippen molar-refractivity contribution in [2.24, 2.45) is 22.2 Å². The first-order valence-corrected chi connectivity index (χ1v) is 12.7. The van der Waals surface area contributed by atoms with E-state index in [2.05, 4.69) is 0 Å². The van der Waals surface area contributed by atoms with E-state index in [4.69, 9.17) is 14.2 Å². The van der Waals surface area contributed by atoms with E-state index >= 15 is 0 Å². The second kappa shape index (κ2) is 14.6. The Morgan fingerprint density at radius 1 is 0.714 bits per heavy atom. The number of carbonyl (C=O) groups excluding carboxylic acids is 4. The molecule has 0 radical (unpaired) electrons. The van der Waals surface area contributed by atoms with Crippen molar-refractivity contribution in [3.05, 3.63) is 0 Å². The number of nitrogens with zero attached hydrogens (tertiary/aromatic N) is 1. The number of carbonyl (C=O) groups is 4. The van der Waals surface area contributed by atoms with Gasteiger partial charge in [0.15, 0.2) is 0 Å². The van der Waals surface area contributed by atoms with Crippen LogP contribution in [0.15, 0.2) is 0 Å². The molecule has 8 heteroatoms. The Morgan fingerprint density at radius 3 is 1.71 bits per heavy atom. The number of ketones is 1. The van der Waals surface area contributed by atoms with Gasteiger partial charge in [0, 0.05) is 18.4 Å². The molecule has 0 rings (SSSR count). The lowest BCUT2D eigenvalue weighted by Gasteiger charge is -2.33. The van der Waals surface area contributed by atoms with Crippen molar-refractivity contribution in [1.29, 1.82) is 0 Å². The predicted molar refractivity (Wildman–Crippen MR) is 136 cm³/mol. The number of hydrogen-bond donors (Lipinski definition) is 0. The third-order valence-corrected chi connectivity index (χ3v) is 6.90. The van der Waals surface area contributed by atoms with E-state index in [0.717, 1.165) is 0 Å². The van der Waals surface area contributed by atoms with Crippen LogP contribution < -0.4 is 0 Å². The van der Waals surface area contributed by atoms with Crippen LogP contribution in [0.2, 0.25) is 0 Å². The minimum absolute atomic E-state index is 0.0260. The van der Waals surface area contributed by atoms with E-state index in [0.29, 0.717) is 25.8 Å². The van der Waals surface area contributed by atoms with Crippen molar-refractivity contribution in [3.8, 4) is 0 Å². The number of ether oxygens (including phenoxy) is 3. The van der Waals surface area contributed by atoms with Gasteiger partial charge < -0.3 is 19.1 Å². The van der Waals surface area contributed by atoms with Crippen LogP contribution in [-0.2, 0) is 33.4 Å².